The number of nitrogens with one attached hydrogen (secondary N) is 3. The summed E-state index contributed by atoms with van der Waals surface area (Å²) in [6, 6.07) is 17.8. The van der Waals surface area contributed by atoms with Gasteiger partial charge in [0, 0.05) is 30.5 Å². The first-order chi connectivity index (χ1) is 16.9. The first kappa shape index (κ1) is 24.6. The molecule has 0 aliphatic heterocycles. The minimum Gasteiger partial charge on any atom is -0.340 e. The van der Waals surface area contributed by atoms with Crippen molar-refractivity contribution in [3.05, 3.63) is 90.3 Å². The van der Waals surface area contributed by atoms with Crippen LogP contribution < -0.4 is 15.4 Å². The molecule has 2 amide bonds. The molecule has 1 fully saturated rings. The predicted molar refractivity (Wildman–Crippen MR) is 133 cm³/mol. The number of nitrogens with zero attached hydrogens (tertiary/aromatic N) is 1. The summed E-state index contributed by atoms with van der Waals surface area (Å²) in [6.45, 7) is 0. The molecule has 1 aliphatic carbocycles. The number of anilines is 1. The lowest BCUT2D eigenvalue weighted by molar-refractivity contribution is -0.118. The Bertz CT molecular complexity index is 1240. The van der Waals surface area contributed by atoms with E-state index >= 15 is 0 Å². The number of rotatable bonds is 9. The van der Waals surface area contributed by atoms with Crippen molar-refractivity contribution in [3.63, 3.8) is 0 Å². The van der Waals surface area contributed by atoms with E-state index < -0.39 is 27.9 Å². The largest absolute Gasteiger partial charge is 0.340 e. The van der Waals surface area contributed by atoms with Crippen molar-refractivity contribution in [2.45, 2.75) is 49.1 Å². The number of aromatic nitrogens is 1. The number of hydrogen-bond donors (Lipinski definition) is 3. The van der Waals surface area contributed by atoms with E-state index in [0.717, 1.165) is 31.2 Å². The summed E-state index contributed by atoms with van der Waals surface area (Å²) in [7, 11) is -3.62. The lowest BCUT2D eigenvalue weighted by atomic mass is 10.0. The molecule has 3 aromatic rings. The summed E-state index contributed by atoms with van der Waals surface area (Å²) in [4.78, 5) is 29.9. The average molecular weight is 493 g/mol. The van der Waals surface area contributed by atoms with Crippen LogP contribution in [0.5, 0.6) is 0 Å². The van der Waals surface area contributed by atoms with Gasteiger partial charge in [-0.1, -0.05) is 43.2 Å². The fourth-order valence-corrected chi connectivity index (χ4v) is 5.38. The van der Waals surface area contributed by atoms with Gasteiger partial charge in [-0.3, -0.25) is 14.6 Å². The van der Waals surface area contributed by atoms with Gasteiger partial charge in [0.2, 0.25) is 15.9 Å². The van der Waals surface area contributed by atoms with Crippen LogP contribution in [0.25, 0.3) is 0 Å². The number of sulfonamides is 1. The van der Waals surface area contributed by atoms with Gasteiger partial charge in [0.25, 0.3) is 5.91 Å². The summed E-state index contributed by atoms with van der Waals surface area (Å²) in [5, 5.41) is 5.57. The van der Waals surface area contributed by atoms with Gasteiger partial charge in [-0.05, 0) is 54.8 Å². The SMILES string of the molecule is O=C(N[C@@H](Cc1ccccc1)C(=O)Nc1ccc(S(=O)(=O)NC2CCCC2)cc1)c1cccnc1. The number of carbonyl (C=O) groups is 2. The number of pyridine rings is 1. The van der Waals surface area contributed by atoms with Crippen LogP contribution in [0, 0.1) is 0 Å². The number of carbonyl (C=O) groups excluding carboxylic acids is 2. The Labute approximate surface area is 205 Å². The fourth-order valence-electron chi connectivity index (χ4n) is 4.08. The summed E-state index contributed by atoms with van der Waals surface area (Å²) in [5.74, 6) is -0.820. The molecule has 1 atom stereocenters. The molecule has 0 spiro atoms. The number of hydrogen-bond acceptors (Lipinski definition) is 5. The molecule has 2 aromatic carbocycles. The fraction of sp³-hybridized carbons (Fsp3) is 0.269. The zero-order valence-electron chi connectivity index (χ0n) is 19.2. The molecule has 3 N–H and O–H groups in total. The molecule has 8 nitrogen and oxygen atoms in total. The zero-order valence-corrected chi connectivity index (χ0v) is 20.0. The third-order valence-corrected chi connectivity index (χ3v) is 7.47. The molecular formula is C26H28N4O4S. The van der Waals surface area contributed by atoms with Crippen LogP contribution in [-0.2, 0) is 21.2 Å². The van der Waals surface area contributed by atoms with Crippen LogP contribution in [0.15, 0.2) is 84.0 Å². The van der Waals surface area contributed by atoms with Crippen molar-refractivity contribution in [1.82, 2.24) is 15.0 Å². The number of amides is 2. The van der Waals surface area contributed by atoms with Crippen molar-refractivity contribution in [2.75, 3.05) is 5.32 Å². The summed E-state index contributed by atoms with van der Waals surface area (Å²) >= 11 is 0. The molecule has 1 aliphatic rings. The van der Waals surface area contributed by atoms with Crippen LogP contribution in [0.4, 0.5) is 5.69 Å². The lowest BCUT2D eigenvalue weighted by Crippen LogP contribution is -2.45. The van der Waals surface area contributed by atoms with Gasteiger partial charge >= 0.3 is 0 Å². The second-order valence-electron chi connectivity index (χ2n) is 8.57. The van der Waals surface area contributed by atoms with E-state index in [1.807, 2.05) is 30.3 Å². The van der Waals surface area contributed by atoms with Crippen molar-refractivity contribution >= 4 is 27.5 Å². The Hall–Kier alpha value is -3.56. The monoisotopic (exact) mass is 492 g/mol. The minimum atomic E-state index is -3.62. The lowest BCUT2D eigenvalue weighted by Gasteiger charge is -2.19. The van der Waals surface area contributed by atoms with Crippen molar-refractivity contribution in [3.8, 4) is 0 Å². The quantitative estimate of drug-likeness (QED) is 0.424. The Morgan fingerprint density at radius 1 is 0.943 bits per heavy atom. The molecule has 0 saturated heterocycles. The Morgan fingerprint density at radius 3 is 2.31 bits per heavy atom. The molecule has 35 heavy (non-hydrogen) atoms. The van der Waals surface area contributed by atoms with E-state index in [1.54, 1.807) is 30.5 Å². The van der Waals surface area contributed by atoms with Crippen molar-refractivity contribution < 1.29 is 18.0 Å². The molecule has 1 saturated carbocycles. The molecule has 0 radical (unpaired) electrons. The molecule has 0 bridgehead atoms. The van der Waals surface area contributed by atoms with Crippen molar-refractivity contribution in [1.29, 1.82) is 0 Å². The smallest absolute Gasteiger partial charge is 0.253 e. The zero-order chi connectivity index (χ0) is 24.7. The predicted octanol–water partition coefficient (Wildman–Crippen LogP) is 3.28. The van der Waals surface area contributed by atoms with E-state index in [1.165, 1.54) is 18.3 Å². The van der Waals surface area contributed by atoms with Gasteiger partial charge in [-0.15, -0.1) is 0 Å². The first-order valence-electron chi connectivity index (χ1n) is 11.6. The normalized spacial score (nSPS) is 14.9. The second kappa shape index (κ2) is 11.2. The number of benzene rings is 2. The average Bonchev–Trinajstić information content (AvgIpc) is 3.37. The van der Waals surface area contributed by atoms with Gasteiger partial charge in [-0.25, -0.2) is 13.1 Å². The second-order valence-corrected chi connectivity index (χ2v) is 10.3. The van der Waals surface area contributed by atoms with E-state index in [-0.39, 0.29) is 17.4 Å². The Kier molecular flexibility index (Phi) is 7.89. The highest BCUT2D eigenvalue weighted by molar-refractivity contribution is 7.89. The maximum Gasteiger partial charge on any atom is 0.253 e. The van der Waals surface area contributed by atoms with Crippen LogP contribution in [0.2, 0.25) is 0 Å². The van der Waals surface area contributed by atoms with E-state index in [4.69, 9.17) is 0 Å². The highest BCUT2D eigenvalue weighted by atomic mass is 32.2. The Morgan fingerprint density at radius 2 is 1.66 bits per heavy atom. The van der Waals surface area contributed by atoms with Crippen LogP contribution >= 0.6 is 0 Å². The van der Waals surface area contributed by atoms with Gasteiger partial charge in [0.15, 0.2) is 0 Å². The maximum atomic E-state index is 13.1. The van der Waals surface area contributed by atoms with E-state index in [0.29, 0.717) is 11.3 Å². The standard InChI is InChI=1S/C26H28N4O4S/c31-25(20-9-6-16-27-18-20)29-24(17-19-7-2-1-3-8-19)26(32)28-21-12-14-23(15-13-21)35(33,34)30-22-10-4-5-11-22/h1-3,6-9,12-16,18,22,24,30H,4-5,10-11,17H2,(H,28,32)(H,29,31)/t24-/m0/s1. The van der Waals surface area contributed by atoms with Gasteiger partial charge in [-0.2, -0.15) is 0 Å². The van der Waals surface area contributed by atoms with Gasteiger partial charge in [0.1, 0.15) is 6.04 Å². The third kappa shape index (κ3) is 6.74. The van der Waals surface area contributed by atoms with Crippen LogP contribution in [0.1, 0.15) is 41.6 Å². The highest BCUT2D eigenvalue weighted by Crippen LogP contribution is 2.21. The molecule has 0 unspecified atom stereocenters. The van der Waals surface area contributed by atoms with Gasteiger partial charge < -0.3 is 10.6 Å². The molecule has 1 heterocycles. The molecule has 1 aromatic heterocycles. The Balaban J connectivity index is 1.46. The molecular weight excluding hydrogens is 464 g/mol. The van der Waals surface area contributed by atoms with Gasteiger partial charge in [0.05, 0.1) is 10.5 Å². The third-order valence-electron chi connectivity index (χ3n) is 5.94. The highest BCUT2D eigenvalue weighted by Gasteiger charge is 2.24. The molecule has 9 heteroatoms. The maximum absolute atomic E-state index is 13.1. The van der Waals surface area contributed by atoms with Crippen LogP contribution in [0.3, 0.4) is 0 Å². The topological polar surface area (TPSA) is 117 Å². The van der Waals surface area contributed by atoms with Crippen LogP contribution in [-0.4, -0.2) is 37.3 Å². The summed E-state index contributed by atoms with van der Waals surface area (Å²) < 4.78 is 28.0. The summed E-state index contributed by atoms with van der Waals surface area (Å²) in [6.07, 6.45) is 7.04. The first-order valence-corrected chi connectivity index (χ1v) is 13.1. The van der Waals surface area contributed by atoms with E-state index in [9.17, 15) is 18.0 Å². The van der Waals surface area contributed by atoms with E-state index in [2.05, 4.69) is 20.3 Å². The van der Waals surface area contributed by atoms with Crippen molar-refractivity contribution in [2.24, 2.45) is 0 Å². The minimum absolute atomic E-state index is 0.0263. The summed E-state index contributed by atoms with van der Waals surface area (Å²) in [5.41, 5.74) is 1.67. The molecule has 182 valence electrons. The molecule has 4 rings (SSSR count).